The van der Waals surface area contributed by atoms with Crippen LogP contribution in [0.2, 0.25) is 0 Å². The monoisotopic (exact) mass is 261 g/mol. The van der Waals surface area contributed by atoms with Crippen LogP contribution in [0.4, 0.5) is 4.39 Å². The highest BCUT2D eigenvalue weighted by Gasteiger charge is 2.10. The molecule has 0 saturated heterocycles. The van der Waals surface area contributed by atoms with Gasteiger partial charge in [-0.2, -0.15) is 0 Å². The van der Waals surface area contributed by atoms with Crippen LogP contribution in [0.25, 0.3) is 0 Å². The minimum atomic E-state index is -0.203. The van der Waals surface area contributed by atoms with Crippen LogP contribution < -0.4 is 5.73 Å². The number of nitrogens with two attached hydrogens (primary N) is 1. The van der Waals surface area contributed by atoms with Crippen molar-refractivity contribution in [1.82, 2.24) is 0 Å². The van der Waals surface area contributed by atoms with Crippen molar-refractivity contribution < 1.29 is 4.39 Å². The smallest absolute Gasteiger partial charge is 0.123 e. The van der Waals surface area contributed by atoms with Gasteiger partial charge in [0.1, 0.15) is 5.82 Å². The third kappa shape index (κ3) is 3.59. The molecule has 1 unspecified atom stereocenters. The normalized spacial score (nSPS) is 12.3. The van der Waals surface area contributed by atoms with Gasteiger partial charge in [-0.05, 0) is 23.3 Å². The van der Waals surface area contributed by atoms with E-state index in [0.717, 1.165) is 11.3 Å². The number of thioether (sulfide) groups is 1. The maximum atomic E-state index is 13.2. The van der Waals surface area contributed by atoms with Crippen LogP contribution in [0.15, 0.2) is 54.6 Å². The van der Waals surface area contributed by atoms with E-state index in [1.807, 2.05) is 24.3 Å². The zero-order chi connectivity index (χ0) is 12.8. The maximum absolute atomic E-state index is 13.2. The van der Waals surface area contributed by atoms with Crippen LogP contribution in [0.5, 0.6) is 0 Å². The maximum Gasteiger partial charge on any atom is 0.123 e. The molecule has 3 heteroatoms. The topological polar surface area (TPSA) is 26.0 Å². The summed E-state index contributed by atoms with van der Waals surface area (Å²) in [4.78, 5) is 0. The van der Waals surface area contributed by atoms with E-state index < -0.39 is 0 Å². The molecule has 0 saturated carbocycles. The van der Waals surface area contributed by atoms with Gasteiger partial charge in [-0.15, -0.1) is 11.8 Å². The van der Waals surface area contributed by atoms with Crippen molar-refractivity contribution in [2.45, 2.75) is 11.0 Å². The molecular formula is C15H16FNS. The number of rotatable bonds is 5. The van der Waals surface area contributed by atoms with Crippen LogP contribution in [0.1, 0.15) is 16.4 Å². The molecule has 0 aromatic heterocycles. The first kappa shape index (κ1) is 13.1. The van der Waals surface area contributed by atoms with Gasteiger partial charge in [-0.3, -0.25) is 0 Å². The fourth-order valence-electron chi connectivity index (χ4n) is 1.78. The van der Waals surface area contributed by atoms with Crippen LogP contribution >= 0.6 is 11.8 Å². The van der Waals surface area contributed by atoms with E-state index in [4.69, 9.17) is 5.73 Å². The van der Waals surface area contributed by atoms with E-state index in [-0.39, 0.29) is 11.1 Å². The van der Waals surface area contributed by atoms with Crippen molar-refractivity contribution in [2.75, 3.05) is 6.54 Å². The van der Waals surface area contributed by atoms with E-state index in [9.17, 15) is 4.39 Å². The number of halogens is 1. The zero-order valence-corrected chi connectivity index (χ0v) is 10.9. The molecule has 0 aliphatic rings. The van der Waals surface area contributed by atoms with E-state index in [0.29, 0.717) is 6.54 Å². The Balaban J connectivity index is 2.02. The first-order valence-electron chi connectivity index (χ1n) is 5.90. The molecule has 2 aromatic carbocycles. The molecule has 0 aliphatic heterocycles. The van der Waals surface area contributed by atoms with Crippen molar-refractivity contribution >= 4 is 11.8 Å². The van der Waals surface area contributed by atoms with Gasteiger partial charge in [0, 0.05) is 17.5 Å². The predicted molar refractivity (Wildman–Crippen MR) is 75.9 cm³/mol. The number of hydrogen-bond donors (Lipinski definition) is 1. The molecule has 2 N–H and O–H groups in total. The van der Waals surface area contributed by atoms with Gasteiger partial charge in [-0.25, -0.2) is 4.39 Å². The second-order valence-corrected chi connectivity index (χ2v) is 5.27. The molecule has 0 aliphatic carbocycles. The molecule has 2 rings (SSSR count). The molecule has 2 aromatic rings. The van der Waals surface area contributed by atoms with Gasteiger partial charge in [0.05, 0.1) is 0 Å². The summed E-state index contributed by atoms with van der Waals surface area (Å²) < 4.78 is 13.2. The van der Waals surface area contributed by atoms with Crippen molar-refractivity contribution in [3.63, 3.8) is 0 Å². The Morgan fingerprint density at radius 1 is 1.06 bits per heavy atom. The van der Waals surface area contributed by atoms with Crippen LogP contribution in [-0.2, 0) is 5.75 Å². The average molecular weight is 261 g/mol. The second kappa shape index (κ2) is 6.57. The molecule has 94 valence electrons. The molecule has 0 bridgehead atoms. The Bertz CT molecular complexity index is 487. The van der Waals surface area contributed by atoms with Crippen LogP contribution in [0, 0.1) is 5.82 Å². The van der Waals surface area contributed by atoms with E-state index >= 15 is 0 Å². The largest absolute Gasteiger partial charge is 0.329 e. The van der Waals surface area contributed by atoms with Gasteiger partial charge in [0.25, 0.3) is 0 Å². The van der Waals surface area contributed by atoms with Gasteiger partial charge >= 0.3 is 0 Å². The Hall–Kier alpha value is -1.32. The SMILES string of the molecule is NCC(SCc1ccccc1)c1cccc(F)c1. The fourth-order valence-corrected chi connectivity index (χ4v) is 2.84. The lowest BCUT2D eigenvalue weighted by Crippen LogP contribution is -2.09. The third-order valence-electron chi connectivity index (χ3n) is 2.73. The summed E-state index contributed by atoms with van der Waals surface area (Å²) in [5.41, 5.74) is 7.99. The zero-order valence-electron chi connectivity index (χ0n) is 10.1. The first-order chi connectivity index (χ1) is 8.79. The van der Waals surface area contributed by atoms with E-state index in [1.165, 1.54) is 11.6 Å². The summed E-state index contributed by atoms with van der Waals surface area (Å²) >= 11 is 1.74. The quantitative estimate of drug-likeness (QED) is 0.887. The standard InChI is InChI=1S/C15H16FNS/c16-14-8-4-7-13(9-14)15(10-17)18-11-12-5-2-1-3-6-12/h1-9,15H,10-11,17H2. The lowest BCUT2D eigenvalue weighted by molar-refractivity contribution is 0.625. The summed E-state index contributed by atoms with van der Waals surface area (Å²) in [5.74, 6) is 0.686. The fraction of sp³-hybridized carbons (Fsp3) is 0.200. The Morgan fingerprint density at radius 3 is 2.50 bits per heavy atom. The van der Waals surface area contributed by atoms with Crippen molar-refractivity contribution in [1.29, 1.82) is 0 Å². The highest BCUT2D eigenvalue weighted by Crippen LogP contribution is 2.30. The number of benzene rings is 2. The second-order valence-electron chi connectivity index (χ2n) is 4.08. The van der Waals surface area contributed by atoms with Crippen molar-refractivity contribution in [3.8, 4) is 0 Å². The highest BCUT2D eigenvalue weighted by molar-refractivity contribution is 7.98. The minimum absolute atomic E-state index is 0.140. The summed E-state index contributed by atoms with van der Waals surface area (Å²) in [6.45, 7) is 0.515. The number of hydrogen-bond acceptors (Lipinski definition) is 2. The molecule has 1 nitrogen and oxygen atoms in total. The van der Waals surface area contributed by atoms with Crippen LogP contribution in [-0.4, -0.2) is 6.54 Å². The lowest BCUT2D eigenvalue weighted by atomic mass is 10.1. The predicted octanol–water partition coefficient (Wildman–Crippen LogP) is 3.76. The molecule has 0 amide bonds. The van der Waals surface area contributed by atoms with Gasteiger partial charge < -0.3 is 5.73 Å². The molecule has 18 heavy (non-hydrogen) atoms. The molecule has 0 radical (unpaired) electrons. The molecular weight excluding hydrogens is 245 g/mol. The minimum Gasteiger partial charge on any atom is -0.329 e. The molecule has 0 spiro atoms. The average Bonchev–Trinajstić information content (AvgIpc) is 2.41. The van der Waals surface area contributed by atoms with Crippen LogP contribution in [0.3, 0.4) is 0 Å². The summed E-state index contributed by atoms with van der Waals surface area (Å²) in [7, 11) is 0. The Kier molecular flexibility index (Phi) is 4.79. The molecule has 0 heterocycles. The summed E-state index contributed by atoms with van der Waals surface area (Å²) in [6.07, 6.45) is 0. The highest BCUT2D eigenvalue weighted by atomic mass is 32.2. The lowest BCUT2D eigenvalue weighted by Gasteiger charge is -2.15. The van der Waals surface area contributed by atoms with Crippen molar-refractivity contribution in [3.05, 3.63) is 71.5 Å². The van der Waals surface area contributed by atoms with E-state index in [2.05, 4.69) is 12.1 Å². The molecule has 1 atom stereocenters. The summed E-state index contributed by atoms with van der Waals surface area (Å²) in [5, 5.41) is 0.140. The van der Waals surface area contributed by atoms with E-state index in [1.54, 1.807) is 23.9 Å². The Labute approximate surface area is 111 Å². The third-order valence-corrected chi connectivity index (χ3v) is 4.10. The van der Waals surface area contributed by atoms with Gasteiger partial charge in [0.2, 0.25) is 0 Å². The Morgan fingerprint density at radius 2 is 1.83 bits per heavy atom. The van der Waals surface area contributed by atoms with Gasteiger partial charge in [-0.1, -0.05) is 42.5 Å². The van der Waals surface area contributed by atoms with Gasteiger partial charge in [0.15, 0.2) is 0 Å². The van der Waals surface area contributed by atoms with Crippen molar-refractivity contribution in [2.24, 2.45) is 5.73 Å². The molecule has 0 fully saturated rings. The summed E-state index contributed by atoms with van der Waals surface area (Å²) in [6, 6.07) is 16.9. The first-order valence-corrected chi connectivity index (χ1v) is 6.95.